The molecular weight excluding hydrogens is 364 g/mol. The third-order valence-corrected chi connectivity index (χ3v) is 3.65. The minimum Gasteiger partial charge on any atom is -0.465 e. The van der Waals surface area contributed by atoms with Crippen molar-refractivity contribution in [3.05, 3.63) is 24.5 Å². The van der Waals surface area contributed by atoms with Crippen LogP contribution in [0.5, 0.6) is 0 Å². The van der Waals surface area contributed by atoms with Gasteiger partial charge in [0.1, 0.15) is 6.33 Å². The van der Waals surface area contributed by atoms with Crippen LogP contribution in [-0.2, 0) is 23.9 Å². The van der Waals surface area contributed by atoms with Gasteiger partial charge in [-0.3, -0.25) is 14.4 Å². The van der Waals surface area contributed by atoms with Crippen molar-refractivity contribution in [3.8, 4) is 0 Å². The number of hydrogen-bond acceptors (Lipinski definition) is 8. The van der Waals surface area contributed by atoms with E-state index in [9.17, 15) is 14.4 Å². The normalized spacial score (nSPS) is 11.0. The van der Waals surface area contributed by atoms with Crippen LogP contribution in [0.3, 0.4) is 0 Å². The molecule has 1 amide bonds. The van der Waals surface area contributed by atoms with Gasteiger partial charge in [-0.15, -0.1) is 0 Å². The summed E-state index contributed by atoms with van der Waals surface area (Å²) < 4.78 is 9.82. The number of aromatic nitrogens is 2. The second-order valence-electron chi connectivity index (χ2n) is 5.59. The molecule has 1 N–H and O–H groups in total. The van der Waals surface area contributed by atoms with Crippen LogP contribution in [0.15, 0.2) is 29.5 Å². The first-order valence-electron chi connectivity index (χ1n) is 8.92. The van der Waals surface area contributed by atoms with Gasteiger partial charge in [-0.25, -0.2) is 15.0 Å². The molecule has 0 atom stereocenters. The number of amides is 1. The van der Waals surface area contributed by atoms with Crippen molar-refractivity contribution < 1.29 is 23.9 Å². The SMILES string of the molecule is CCOC(=O)C(C=Nc1ncnc2ccc(NC(=O)CC)cc12)C(=O)OCC. The second-order valence-corrected chi connectivity index (χ2v) is 5.59. The number of aliphatic imine (C=N–C) groups is 1. The number of anilines is 1. The highest BCUT2D eigenvalue weighted by Gasteiger charge is 2.27. The lowest BCUT2D eigenvalue weighted by molar-refractivity contribution is -0.157. The van der Waals surface area contributed by atoms with Crippen LogP contribution in [0.4, 0.5) is 11.5 Å². The molecule has 0 unspecified atom stereocenters. The molecular formula is C19H22N4O5. The third kappa shape index (κ3) is 5.32. The summed E-state index contributed by atoms with van der Waals surface area (Å²) in [5.74, 6) is -2.69. The molecule has 0 bridgehead atoms. The van der Waals surface area contributed by atoms with Gasteiger partial charge in [0, 0.05) is 23.7 Å². The summed E-state index contributed by atoms with van der Waals surface area (Å²) in [4.78, 5) is 48.2. The number of carbonyl (C=O) groups excluding carboxylic acids is 3. The first-order chi connectivity index (χ1) is 13.5. The highest BCUT2D eigenvalue weighted by atomic mass is 16.6. The Labute approximate surface area is 162 Å². The number of ether oxygens (including phenoxy) is 2. The first-order valence-corrected chi connectivity index (χ1v) is 8.92. The molecule has 0 aliphatic carbocycles. The Morgan fingerprint density at radius 3 is 2.39 bits per heavy atom. The number of rotatable bonds is 8. The predicted octanol–water partition coefficient (Wildman–Crippen LogP) is 2.42. The van der Waals surface area contributed by atoms with E-state index in [0.717, 1.165) is 6.21 Å². The topological polar surface area (TPSA) is 120 Å². The van der Waals surface area contributed by atoms with Gasteiger partial charge in [0.15, 0.2) is 11.7 Å². The number of carbonyl (C=O) groups is 3. The lowest BCUT2D eigenvalue weighted by Crippen LogP contribution is -2.29. The van der Waals surface area contributed by atoms with Crippen LogP contribution >= 0.6 is 0 Å². The summed E-state index contributed by atoms with van der Waals surface area (Å²) in [5.41, 5.74) is 1.17. The molecule has 0 aliphatic heterocycles. The molecule has 0 aliphatic rings. The smallest absolute Gasteiger partial charge is 0.325 e. The average molecular weight is 386 g/mol. The van der Waals surface area contributed by atoms with E-state index in [1.807, 2.05) is 0 Å². The largest absolute Gasteiger partial charge is 0.465 e. The van der Waals surface area contributed by atoms with E-state index in [1.54, 1.807) is 39.0 Å². The summed E-state index contributed by atoms with van der Waals surface area (Å²) >= 11 is 0. The minimum absolute atomic E-state index is 0.125. The molecule has 1 aromatic heterocycles. The lowest BCUT2D eigenvalue weighted by atomic mass is 10.1. The minimum atomic E-state index is -1.30. The second kappa shape index (κ2) is 10.1. The summed E-state index contributed by atoms with van der Waals surface area (Å²) in [6, 6.07) is 5.12. The van der Waals surface area contributed by atoms with Crippen molar-refractivity contribution in [2.75, 3.05) is 18.5 Å². The van der Waals surface area contributed by atoms with Gasteiger partial charge in [-0.05, 0) is 32.0 Å². The highest BCUT2D eigenvalue weighted by molar-refractivity contribution is 6.10. The van der Waals surface area contributed by atoms with Gasteiger partial charge >= 0.3 is 11.9 Å². The van der Waals surface area contributed by atoms with E-state index in [1.165, 1.54) is 6.33 Å². The van der Waals surface area contributed by atoms with Crippen molar-refractivity contribution in [1.29, 1.82) is 0 Å². The maximum absolute atomic E-state index is 12.1. The maximum atomic E-state index is 12.1. The zero-order chi connectivity index (χ0) is 20.5. The molecule has 28 heavy (non-hydrogen) atoms. The fraction of sp³-hybridized carbons (Fsp3) is 0.368. The summed E-state index contributed by atoms with van der Waals surface area (Å²) in [7, 11) is 0. The Morgan fingerprint density at radius 1 is 1.11 bits per heavy atom. The van der Waals surface area contributed by atoms with E-state index in [2.05, 4.69) is 20.3 Å². The van der Waals surface area contributed by atoms with Crippen LogP contribution in [0.1, 0.15) is 27.2 Å². The van der Waals surface area contributed by atoms with Crippen molar-refractivity contribution in [3.63, 3.8) is 0 Å². The third-order valence-electron chi connectivity index (χ3n) is 3.65. The Morgan fingerprint density at radius 2 is 1.79 bits per heavy atom. The molecule has 2 rings (SSSR count). The zero-order valence-electron chi connectivity index (χ0n) is 16.0. The molecule has 0 spiro atoms. The molecule has 0 radical (unpaired) electrons. The average Bonchev–Trinajstić information content (AvgIpc) is 2.68. The van der Waals surface area contributed by atoms with Gasteiger partial charge < -0.3 is 14.8 Å². The van der Waals surface area contributed by atoms with Crippen molar-refractivity contribution >= 4 is 46.5 Å². The summed E-state index contributed by atoms with van der Waals surface area (Å²) in [6.07, 6.45) is 2.81. The first kappa shape index (κ1) is 20.9. The number of nitrogens with one attached hydrogen (secondary N) is 1. The van der Waals surface area contributed by atoms with E-state index in [-0.39, 0.29) is 24.9 Å². The predicted molar refractivity (Wildman–Crippen MR) is 103 cm³/mol. The number of nitrogens with zero attached hydrogens (tertiary/aromatic N) is 3. The zero-order valence-corrected chi connectivity index (χ0v) is 16.0. The Kier molecular flexibility index (Phi) is 7.55. The quantitative estimate of drug-likeness (QED) is 0.420. The van der Waals surface area contributed by atoms with Gasteiger partial charge in [0.05, 0.1) is 18.7 Å². The van der Waals surface area contributed by atoms with Gasteiger partial charge in [0.2, 0.25) is 5.91 Å². The molecule has 0 saturated carbocycles. The molecule has 9 nitrogen and oxygen atoms in total. The lowest BCUT2D eigenvalue weighted by Gasteiger charge is -2.10. The summed E-state index contributed by atoms with van der Waals surface area (Å²) in [5, 5.41) is 3.31. The maximum Gasteiger partial charge on any atom is 0.325 e. The van der Waals surface area contributed by atoms with Crippen LogP contribution in [0.2, 0.25) is 0 Å². The van der Waals surface area contributed by atoms with E-state index >= 15 is 0 Å². The Bertz CT molecular complexity index is 879. The summed E-state index contributed by atoms with van der Waals surface area (Å²) in [6.45, 7) is 5.28. The molecule has 148 valence electrons. The standard InChI is InChI=1S/C19H22N4O5/c1-4-16(24)23-12-7-8-15-13(9-12)17(22-11-21-15)20-10-14(18(25)27-5-2)19(26)28-6-3/h7-11,14H,4-6H2,1-3H3,(H,23,24). The van der Waals surface area contributed by atoms with Crippen LogP contribution in [-0.4, -0.2) is 47.2 Å². The fourth-order valence-electron chi connectivity index (χ4n) is 2.30. The number of esters is 2. The van der Waals surface area contributed by atoms with Crippen LogP contribution in [0, 0.1) is 5.92 Å². The monoisotopic (exact) mass is 386 g/mol. The van der Waals surface area contributed by atoms with Crippen LogP contribution in [0.25, 0.3) is 10.9 Å². The highest BCUT2D eigenvalue weighted by Crippen LogP contribution is 2.25. The van der Waals surface area contributed by atoms with Crippen molar-refractivity contribution in [2.24, 2.45) is 10.9 Å². The fourth-order valence-corrected chi connectivity index (χ4v) is 2.30. The van der Waals surface area contributed by atoms with Gasteiger partial charge in [0.25, 0.3) is 0 Å². The van der Waals surface area contributed by atoms with Gasteiger partial charge in [-0.1, -0.05) is 6.92 Å². The van der Waals surface area contributed by atoms with Crippen molar-refractivity contribution in [1.82, 2.24) is 9.97 Å². The van der Waals surface area contributed by atoms with E-state index in [0.29, 0.717) is 23.0 Å². The molecule has 2 aromatic rings. The van der Waals surface area contributed by atoms with E-state index < -0.39 is 17.9 Å². The molecule has 1 aromatic carbocycles. The number of hydrogen-bond donors (Lipinski definition) is 1. The molecule has 0 saturated heterocycles. The number of benzene rings is 1. The van der Waals surface area contributed by atoms with Crippen LogP contribution < -0.4 is 5.32 Å². The number of fused-ring (bicyclic) bond motifs is 1. The Balaban J connectivity index is 2.38. The molecule has 9 heteroatoms. The molecule has 0 fully saturated rings. The van der Waals surface area contributed by atoms with Gasteiger partial charge in [-0.2, -0.15) is 0 Å². The molecule has 1 heterocycles. The van der Waals surface area contributed by atoms with Crippen molar-refractivity contribution in [2.45, 2.75) is 27.2 Å². The Hall–Kier alpha value is -3.36. The van der Waals surface area contributed by atoms with E-state index in [4.69, 9.17) is 9.47 Å².